The van der Waals surface area contributed by atoms with Crippen LogP contribution in [0.4, 0.5) is 11.4 Å². The standard InChI is InChI=1S/C50H29N5/c1-51-32-23-27-50-41(29-32)39-16-7-12-22-48(39)55(50)47-21-11-3-13-36(47)35-26-24-34(31-43(35)52-2)54-46-20-10-6-17-40(46)42-30-33(25-28-49(42)54)53-44-18-8-4-14-37(44)38-15-5-9-19-45(38)53/h3-31H. The normalized spacial score (nSPS) is 11.6. The lowest BCUT2D eigenvalue weighted by Gasteiger charge is -2.16. The van der Waals surface area contributed by atoms with Crippen molar-refractivity contribution in [3.8, 4) is 28.2 Å². The highest BCUT2D eigenvalue weighted by Crippen LogP contribution is 2.42. The Kier molecular flexibility index (Phi) is 6.61. The molecule has 0 unspecified atom stereocenters. The first kappa shape index (κ1) is 30.7. The lowest BCUT2D eigenvalue weighted by Crippen LogP contribution is -1.98. The number of benzene rings is 8. The zero-order chi connectivity index (χ0) is 36.6. The third-order valence-electron chi connectivity index (χ3n) is 11.1. The van der Waals surface area contributed by atoms with Crippen molar-refractivity contribution in [3.05, 3.63) is 199 Å². The number of para-hydroxylation sites is 5. The van der Waals surface area contributed by atoms with Crippen LogP contribution >= 0.6 is 0 Å². The van der Waals surface area contributed by atoms with E-state index in [0.717, 1.165) is 71.8 Å². The molecule has 0 aliphatic heterocycles. The molecule has 0 atom stereocenters. The van der Waals surface area contributed by atoms with Crippen LogP contribution in [0.5, 0.6) is 0 Å². The number of nitrogens with zero attached hydrogens (tertiary/aromatic N) is 5. The molecule has 0 aliphatic rings. The van der Waals surface area contributed by atoms with E-state index < -0.39 is 0 Å². The molecule has 11 rings (SSSR count). The average Bonchev–Trinajstić information content (AvgIpc) is 3.88. The number of aromatic nitrogens is 3. The summed E-state index contributed by atoms with van der Waals surface area (Å²) in [6.07, 6.45) is 0. The van der Waals surface area contributed by atoms with Gasteiger partial charge in [-0.2, -0.15) is 0 Å². The van der Waals surface area contributed by atoms with Gasteiger partial charge in [0.05, 0.1) is 51.9 Å². The van der Waals surface area contributed by atoms with Crippen molar-refractivity contribution in [3.63, 3.8) is 0 Å². The fraction of sp³-hybridized carbons (Fsp3) is 0. The van der Waals surface area contributed by atoms with Crippen LogP contribution in [-0.2, 0) is 0 Å². The Labute approximate surface area is 316 Å². The quantitative estimate of drug-likeness (QED) is 0.163. The van der Waals surface area contributed by atoms with E-state index in [1.165, 1.54) is 21.8 Å². The van der Waals surface area contributed by atoms with Crippen LogP contribution in [0.1, 0.15) is 0 Å². The molecule has 0 radical (unpaired) electrons. The molecule has 254 valence electrons. The number of fused-ring (bicyclic) bond motifs is 9. The summed E-state index contributed by atoms with van der Waals surface area (Å²) in [7, 11) is 0. The van der Waals surface area contributed by atoms with Gasteiger partial charge in [-0.15, -0.1) is 0 Å². The van der Waals surface area contributed by atoms with Crippen LogP contribution in [0.25, 0.3) is 103 Å². The van der Waals surface area contributed by atoms with E-state index in [-0.39, 0.29) is 0 Å². The SMILES string of the molecule is [C-]#[N+]c1ccc2c(c1)c1ccccc1n2-c1ccccc1-c1ccc(-n2c3ccccc3c3cc(-n4c5ccccc5c5ccccc54)ccc32)cc1[N+]#[C-]. The molecular weight excluding hydrogens is 671 g/mol. The summed E-state index contributed by atoms with van der Waals surface area (Å²) in [5.74, 6) is 0. The summed E-state index contributed by atoms with van der Waals surface area (Å²) in [5.41, 5.74) is 12.7. The van der Waals surface area contributed by atoms with Crippen LogP contribution < -0.4 is 0 Å². The molecule has 0 amide bonds. The summed E-state index contributed by atoms with van der Waals surface area (Å²) < 4.78 is 6.91. The molecule has 0 N–H and O–H groups in total. The van der Waals surface area contributed by atoms with Gasteiger partial charge >= 0.3 is 0 Å². The van der Waals surface area contributed by atoms with E-state index in [4.69, 9.17) is 13.1 Å². The van der Waals surface area contributed by atoms with Crippen molar-refractivity contribution in [2.45, 2.75) is 0 Å². The largest absolute Gasteiger partial charge is 0.311 e. The molecule has 0 aliphatic carbocycles. The number of hydrogen-bond donors (Lipinski definition) is 0. The molecule has 0 saturated carbocycles. The Morgan fingerprint density at radius 1 is 0.327 bits per heavy atom. The van der Waals surface area contributed by atoms with Gasteiger partial charge in [0.25, 0.3) is 0 Å². The molecule has 5 heteroatoms. The molecule has 0 spiro atoms. The fourth-order valence-electron chi connectivity index (χ4n) is 8.74. The highest BCUT2D eigenvalue weighted by atomic mass is 15.0. The van der Waals surface area contributed by atoms with Gasteiger partial charge in [-0.1, -0.05) is 103 Å². The Bertz CT molecular complexity index is 3420. The minimum atomic E-state index is 0.578. The molecule has 3 heterocycles. The maximum atomic E-state index is 8.45. The van der Waals surface area contributed by atoms with Gasteiger partial charge in [0, 0.05) is 38.3 Å². The predicted octanol–water partition coefficient (Wildman–Crippen LogP) is 13.7. The van der Waals surface area contributed by atoms with Crippen LogP contribution in [0.2, 0.25) is 0 Å². The molecular formula is C50H29N5. The maximum Gasteiger partial charge on any atom is 0.197 e. The van der Waals surface area contributed by atoms with Crippen molar-refractivity contribution in [2.24, 2.45) is 0 Å². The molecule has 55 heavy (non-hydrogen) atoms. The molecule has 11 aromatic rings. The smallest absolute Gasteiger partial charge is 0.197 e. The molecule has 3 aromatic heterocycles. The van der Waals surface area contributed by atoms with Crippen molar-refractivity contribution in [1.29, 1.82) is 0 Å². The van der Waals surface area contributed by atoms with E-state index in [0.29, 0.717) is 11.4 Å². The van der Waals surface area contributed by atoms with E-state index in [1.54, 1.807) is 0 Å². The van der Waals surface area contributed by atoms with E-state index >= 15 is 0 Å². The third kappa shape index (κ3) is 4.45. The van der Waals surface area contributed by atoms with Crippen LogP contribution in [0.15, 0.2) is 176 Å². The fourth-order valence-corrected chi connectivity index (χ4v) is 8.74. The van der Waals surface area contributed by atoms with Gasteiger partial charge in [0.2, 0.25) is 0 Å². The maximum absolute atomic E-state index is 8.45. The molecule has 0 bridgehead atoms. The second-order valence-electron chi connectivity index (χ2n) is 13.9. The average molecular weight is 700 g/mol. The summed E-state index contributed by atoms with van der Waals surface area (Å²) in [5, 5.41) is 6.91. The Morgan fingerprint density at radius 2 is 0.782 bits per heavy atom. The predicted molar refractivity (Wildman–Crippen MR) is 227 cm³/mol. The summed E-state index contributed by atoms with van der Waals surface area (Å²) in [6.45, 7) is 16.1. The van der Waals surface area contributed by atoms with Crippen molar-refractivity contribution >= 4 is 76.8 Å². The van der Waals surface area contributed by atoms with E-state index in [2.05, 4.69) is 151 Å². The topological polar surface area (TPSA) is 23.5 Å². The van der Waals surface area contributed by atoms with Gasteiger partial charge in [-0.25, -0.2) is 9.69 Å². The van der Waals surface area contributed by atoms with Crippen LogP contribution in [0.3, 0.4) is 0 Å². The first-order valence-electron chi connectivity index (χ1n) is 18.3. The number of rotatable bonds is 4. The summed E-state index contributed by atoms with van der Waals surface area (Å²) in [4.78, 5) is 7.85. The number of hydrogen-bond acceptors (Lipinski definition) is 0. The monoisotopic (exact) mass is 699 g/mol. The van der Waals surface area contributed by atoms with Crippen molar-refractivity contribution < 1.29 is 0 Å². The first-order chi connectivity index (χ1) is 27.2. The second-order valence-corrected chi connectivity index (χ2v) is 13.9. The zero-order valence-electron chi connectivity index (χ0n) is 29.5. The molecule has 0 fully saturated rings. The van der Waals surface area contributed by atoms with E-state index in [1.807, 2.05) is 48.5 Å². The minimum absolute atomic E-state index is 0.578. The van der Waals surface area contributed by atoms with Gasteiger partial charge in [-0.3, -0.25) is 0 Å². The first-order valence-corrected chi connectivity index (χ1v) is 18.3. The molecule has 0 saturated heterocycles. The van der Waals surface area contributed by atoms with Crippen molar-refractivity contribution in [1.82, 2.24) is 13.7 Å². The Hall–Kier alpha value is -7.86. The third-order valence-corrected chi connectivity index (χ3v) is 11.1. The van der Waals surface area contributed by atoms with Crippen molar-refractivity contribution in [2.75, 3.05) is 0 Å². The van der Waals surface area contributed by atoms with Gasteiger partial charge in [0.1, 0.15) is 0 Å². The zero-order valence-corrected chi connectivity index (χ0v) is 29.5. The Morgan fingerprint density at radius 3 is 1.40 bits per heavy atom. The van der Waals surface area contributed by atoms with Crippen LogP contribution in [0, 0.1) is 13.1 Å². The second kappa shape index (κ2) is 11.8. The minimum Gasteiger partial charge on any atom is -0.311 e. The Balaban J connectivity index is 1.10. The van der Waals surface area contributed by atoms with Gasteiger partial charge in [-0.05, 0) is 89.3 Å². The summed E-state index contributed by atoms with van der Waals surface area (Å²) >= 11 is 0. The van der Waals surface area contributed by atoms with E-state index in [9.17, 15) is 0 Å². The molecule has 8 aromatic carbocycles. The summed E-state index contributed by atoms with van der Waals surface area (Å²) in [6, 6.07) is 61.3. The van der Waals surface area contributed by atoms with Crippen LogP contribution in [-0.4, -0.2) is 13.7 Å². The highest BCUT2D eigenvalue weighted by Gasteiger charge is 2.20. The lowest BCUT2D eigenvalue weighted by atomic mass is 10.0. The highest BCUT2D eigenvalue weighted by molar-refractivity contribution is 6.13. The van der Waals surface area contributed by atoms with Gasteiger partial charge in [0.15, 0.2) is 11.4 Å². The molecule has 5 nitrogen and oxygen atoms in total. The van der Waals surface area contributed by atoms with Gasteiger partial charge < -0.3 is 13.7 Å². The lowest BCUT2D eigenvalue weighted by molar-refractivity contribution is 1.16.